The zero-order valence-corrected chi connectivity index (χ0v) is 16.5. The van der Waals surface area contributed by atoms with Gasteiger partial charge in [-0.2, -0.15) is 4.31 Å². The molecule has 5 nitrogen and oxygen atoms in total. The first kappa shape index (κ1) is 17.5. The molecule has 4 rings (SSSR count). The molecule has 1 aliphatic heterocycles. The van der Waals surface area contributed by atoms with Crippen molar-refractivity contribution in [1.29, 1.82) is 0 Å². The summed E-state index contributed by atoms with van der Waals surface area (Å²) < 4.78 is 27.3. The maximum atomic E-state index is 12.9. The smallest absolute Gasteiger partial charge is 0.244 e. The van der Waals surface area contributed by atoms with Gasteiger partial charge in [0, 0.05) is 41.9 Å². The fourth-order valence-corrected chi connectivity index (χ4v) is 7.88. The van der Waals surface area contributed by atoms with Crippen LogP contribution in [0.2, 0.25) is 0 Å². The van der Waals surface area contributed by atoms with Crippen molar-refractivity contribution in [3.8, 4) is 0 Å². The Bertz CT molecular complexity index is 778. The standard InChI is InChI=1S/C18H26N2O3S2/c1-12-9-17(13(2)24-12)25(22,23)20-7-5-19(6-8-20)18(21)16-11-14-3-4-15(16)10-14/h9,14-16H,3-8,10-11H2,1-2H3. The second kappa shape index (κ2) is 6.35. The van der Waals surface area contributed by atoms with Gasteiger partial charge in [0.25, 0.3) is 0 Å². The van der Waals surface area contributed by atoms with Gasteiger partial charge in [0.15, 0.2) is 0 Å². The van der Waals surface area contributed by atoms with Gasteiger partial charge >= 0.3 is 0 Å². The summed E-state index contributed by atoms with van der Waals surface area (Å²) in [5, 5.41) is 0. The average Bonchev–Trinajstić information content (AvgIpc) is 3.30. The van der Waals surface area contributed by atoms with Crippen molar-refractivity contribution >= 4 is 27.3 Å². The van der Waals surface area contributed by atoms with Crippen molar-refractivity contribution < 1.29 is 13.2 Å². The summed E-state index contributed by atoms with van der Waals surface area (Å²) in [5.74, 6) is 1.80. The summed E-state index contributed by atoms with van der Waals surface area (Å²) in [5.41, 5.74) is 0. The average molecular weight is 383 g/mol. The predicted octanol–water partition coefficient (Wildman–Crippen LogP) is 2.63. The third kappa shape index (κ3) is 3.04. The molecular weight excluding hydrogens is 356 g/mol. The zero-order chi connectivity index (χ0) is 17.8. The van der Waals surface area contributed by atoms with E-state index in [-0.39, 0.29) is 11.8 Å². The molecular formula is C18H26N2O3S2. The SMILES string of the molecule is Cc1cc(S(=O)(=O)N2CCN(C(=O)C3CC4CCC3C4)CC2)c(C)s1. The first-order chi connectivity index (χ1) is 11.9. The number of hydrogen-bond donors (Lipinski definition) is 0. The highest BCUT2D eigenvalue weighted by Gasteiger charge is 2.45. The van der Waals surface area contributed by atoms with Crippen LogP contribution < -0.4 is 0 Å². The van der Waals surface area contributed by atoms with E-state index < -0.39 is 10.0 Å². The predicted molar refractivity (Wildman–Crippen MR) is 98.1 cm³/mol. The van der Waals surface area contributed by atoms with Crippen molar-refractivity contribution in [3.05, 3.63) is 15.8 Å². The van der Waals surface area contributed by atoms with Crippen LogP contribution in [0, 0.1) is 31.6 Å². The van der Waals surface area contributed by atoms with Gasteiger partial charge < -0.3 is 4.90 Å². The molecule has 2 heterocycles. The van der Waals surface area contributed by atoms with Gasteiger partial charge in [0.1, 0.15) is 0 Å². The highest BCUT2D eigenvalue weighted by atomic mass is 32.2. The fourth-order valence-electron chi connectivity index (χ4n) is 4.93. The Morgan fingerprint density at radius 3 is 2.36 bits per heavy atom. The molecule has 3 fully saturated rings. The molecule has 1 amide bonds. The van der Waals surface area contributed by atoms with Crippen LogP contribution in [0.15, 0.2) is 11.0 Å². The normalized spacial score (nSPS) is 30.2. The maximum Gasteiger partial charge on any atom is 0.244 e. The molecule has 1 saturated heterocycles. The summed E-state index contributed by atoms with van der Waals surface area (Å²) in [6, 6.07) is 1.77. The van der Waals surface area contributed by atoms with Gasteiger partial charge in [-0.1, -0.05) is 6.42 Å². The molecule has 138 valence electrons. The van der Waals surface area contributed by atoms with Crippen LogP contribution >= 0.6 is 11.3 Å². The second-order valence-corrected chi connectivity index (χ2v) is 11.2. The molecule has 0 spiro atoms. The van der Waals surface area contributed by atoms with E-state index >= 15 is 0 Å². The van der Waals surface area contributed by atoms with E-state index in [1.54, 1.807) is 10.4 Å². The monoisotopic (exact) mass is 382 g/mol. The number of rotatable bonds is 3. The molecule has 0 N–H and O–H groups in total. The number of amides is 1. The van der Waals surface area contributed by atoms with Crippen molar-refractivity contribution in [2.45, 2.75) is 44.4 Å². The van der Waals surface area contributed by atoms with Crippen LogP contribution in [0.5, 0.6) is 0 Å². The molecule has 2 bridgehead atoms. The number of nitrogens with zero attached hydrogens (tertiary/aromatic N) is 2. The van der Waals surface area contributed by atoms with Gasteiger partial charge in [-0.25, -0.2) is 8.42 Å². The van der Waals surface area contributed by atoms with Gasteiger partial charge in [0.05, 0.1) is 4.90 Å². The summed E-state index contributed by atoms with van der Waals surface area (Å²) in [6.45, 7) is 5.65. The van der Waals surface area contributed by atoms with Crippen LogP contribution in [-0.4, -0.2) is 49.7 Å². The maximum absolute atomic E-state index is 12.9. The van der Waals surface area contributed by atoms with E-state index in [9.17, 15) is 13.2 Å². The minimum Gasteiger partial charge on any atom is -0.340 e. The number of hydrogen-bond acceptors (Lipinski definition) is 4. The first-order valence-corrected chi connectivity index (χ1v) is 11.5. The Labute approximate surface area is 154 Å². The van der Waals surface area contributed by atoms with Crippen molar-refractivity contribution in [2.24, 2.45) is 17.8 Å². The number of piperazine rings is 1. The Morgan fingerprint density at radius 1 is 1.12 bits per heavy atom. The quantitative estimate of drug-likeness (QED) is 0.807. The Balaban J connectivity index is 1.41. The lowest BCUT2D eigenvalue weighted by Crippen LogP contribution is -2.52. The molecule has 7 heteroatoms. The van der Waals surface area contributed by atoms with Crippen molar-refractivity contribution in [3.63, 3.8) is 0 Å². The fraction of sp³-hybridized carbons (Fsp3) is 0.722. The van der Waals surface area contributed by atoms with Crippen LogP contribution in [0.25, 0.3) is 0 Å². The van der Waals surface area contributed by atoms with Gasteiger partial charge in [-0.3, -0.25) is 4.79 Å². The molecule has 0 radical (unpaired) electrons. The number of thiophene rings is 1. The zero-order valence-electron chi connectivity index (χ0n) is 14.9. The molecule has 1 aromatic heterocycles. The molecule has 3 aliphatic rings. The molecule has 0 aromatic carbocycles. The summed E-state index contributed by atoms with van der Waals surface area (Å²) >= 11 is 1.52. The summed E-state index contributed by atoms with van der Waals surface area (Å²) in [4.78, 5) is 17.0. The van der Waals surface area contributed by atoms with E-state index in [1.807, 2.05) is 18.7 Å². The number of carbonyl (C=O) groups excluding carboxylic acids is 1. The Kier molecular flexibility index (Phi) is 4.45. The minimum absolute atomic E-state index is 0.198. The highest BCUT2D eigenvalue weighted by molar-refractivity contribution is 7.89. The lowest BCUT2D eigenvalue weighted by atomic mass is 9.87. The second-order valence-electron chi connectivity index (χ2n) is 7.79. The largest absolute Gasteiger partial charge is 0.340 e. The van der Waals surface area contributed by atoms with Gasteiger partial charge in [-0.15, -0.1) is 11.3 Å². The lowest BCUT2D eigenvalue weighted by Gasteiger charge is -2.36. The van der Waals surface area contributed by atoms with E-state index in [2.05, 4.69) is 0 Å². The van der Waals surface area contributed by atoms with Crippen molar-refractivity contribution in [1.82, 2.24) is 9.21 Å². The van der Waals surface area contributed by atoms with E-state index in [0.717, 1.165) is 22.1 Å². The third-order valence-corrected chi connectivity index (χ3v) is 9.34. The van der Waals surface area contributed by atoms with Crippen LogP contribution in [0.1, 0.15) is 35.4 Å². The Morgan fingerprint density at radius 2 is 1.84 bits per heavy atom. The van der Waals surface area contributed by atoms with E-state index in [0.29, 0.717) is 37.0 Å². The van der Waals surface area contributed by atoms with Crippen molar-refractivity contribution in [2.75, 3.05) is 26.2 Å². The number of fused-ring (bicyclic) bond motifs is 2. The lowest BCUT2D eigenvalue weighted by molar-refractivity contribution is -0.138. The molecule has 2 aliphatic carbocycles. The molecule has 1 aromatic rings. The summed E-state index contributed by atoms with van der Waals surface area (Å²) in [6.07, 6.45) is 4.77. The van der Waals surface area contributed by atoms with Crippen LogP contribution in [0.3, 0.4) is 0 Å². The topological polar surface area (TPSA) is 57.7 Å². The Hall–Kier alpha value is -0.920. The number of carbonyl (C=O) groups is 1. The number of sulfonamides is 1. The summed E-state index contributed by atoms with van der Waals surface area (Å²) in [7, 11) is -3.44. The van der Waals surface area contributed by atoms with E-state index in [4.69, 9.17) is 0 Å². The van der Waals surface area contributed by atoms with Crippen LogP contribution in [0.4, 0.5) is 0 Å². The first-order valence-electron chi connectivity index (χ1n) is 9.22. The minimum atomic E-state index is -3.44. The van der Waals surface area contributed by atoms with Crippen LogP contribution in [-0.2, 0) is 14.8 Å². The highest BCUT2D eigenvalue weighted by Crippen LogP contribution is 2.49. The third-order valence-electron chi connectivity index (χ3n) is 6.22. The van der Waals surface area contributed by atoms with E-state index in [1.165, 1.54) is 30.6 Å². The van der Waals surface area contributed by atoms with Gasteiger partial charge in [0.2, 0.25) is 15.9 Å². The molecule has 3 atom stereocenters. The van der Waals surface area contributed by atoms with Gasteiger partial charge in [-0.05, 0) is 51.0 Å². The molecule has 25 heavy (non-hydrogen) atoms. The number of aryl methyl sites for hydroxylation is 2. The molecule has 3 unspecified atom stereocenters. The molecule has 2 saturated carbocycles.